The average molecular weight is 303 g/mol. The van der Waals surface area contributed by atoms with E-state index in [1.807, 2.05) is 5.38 Å². The zero-order chi connectivity index (χ0) is 13.7. The van der Waals surface area contributed by atoms with Crippen LogP contribution in [0.3, 0.4) is 0 Å². The molecule has 2 heterocycles. The molecule has 1 aromatic rings. The summed E-state index contributed by atoms with van der Waals surface area (Å²) in [6, 6.07) is 1.78. The SMILES string of the molecule is CCNCC1CCCN(S(=O)(=O)Nc2ccsc2)C1. The van der Waals surface area contributed by atoms with Gasteiger partial charge in [-0.1, -0.05) is 6.92 Å². The Morgan fingerprint density at radius 2 is 2.37 bits per heavy atom. The van der Waals surface area contributed by atoms with Crippen molar-refractivity contribution >= 4 is 27.2 Å². The Bertz CT molecular complexity index is 473. The molecule has 1 unspecified atom stereocenters. The summed E-state index contributed by atoms with van der Waals surface area (Å²) in [5.41, 5.74) is 0.652. The van der Waals surface area contributed by atoms with Crippen LogP contribution in [0.25, 0.3) is 0 Å². The summed E-state index contributed by atoms with van der Waals surface area (Å²) in [6.07, 6.45) is 2.03. The van der Waals surface area contributed by atoms with E-state index in [0.29, 0.717) is 24.7 Å². The highest BCUT2D eigenvalue weighted by molar-refractivity contribution is 7.90. The van der Waals surface area contributed by atoms with E-state index >= 15 is 0 Å². The fraction of sp³-hybridized carbons (Fsp3) is 0.667. The highest BCUT2D eigenvalue weighted by atomic mass is 32.2. The second-order valence-corrected chi connectivity index (χ2v) is 7.24. The molecular weight excluding hydrogens is 282 g/mol. The Morgan fingerprint density at radius 3 is 3.05 bits per heavy atom. The number of thiophene rings is 1. The normalized spacial score (nSPS) is 21.4. The topological polar surface area (TPSA) is 61.4 Å². The standard InChI is InChI=1S/C12H21N3O2S2/c1-2-13-8-11-4-3-6-15(9-11)19(16,17)14-12-5-7-18-10-12/h5,7,10-11,13-14H,2-4,6,8-9H2,1H3. The Labute approximate surface area is 119 Å². The fourth-order valence-corrected chi connectivity index (χ4v) is 4.29. The summed E-state index contributed by atoms with van der Waals surface area (Å²) in [6.45, 7) is 5.10. The minimum atomic E-state index is -3.40. The fourth-order valence-electron chi connectivity index (χ4n) is 2.30. The van der Waals surface area contributed by atoms with Gasteiger partial charge in [0, 0.05) is 18.5 Å². The van der Waals surface area contributed by atoms with Crippen molar-refractivity contribution in [1.29, 1.82) is 0 Å². The maximum absolute atomic E-state index is 12.3. The molecule has 0 spiro atoms. The molecule has 5 nitrogen and oxygen atoms in total. The highest BCUT2D eigenvalue weighted by Gasteiger charge is 2.28. The van der Waals surface area contributed by atoms with Gasteiger partial charge in [-0.3, -0.25) is 4.72 Å². The van der Waals surface area contributed by atoms with E-state index in [9.17, 15) is 8.42 Å². The van der Waals surface area contributed by atoms with Gasteiger partial charge in [-0.25, -0.2) is 0 Å². The van der Waals surface area contributed by atoms with E-state index < -0.39 is 10.2 Å². The van der Waals surface area contributed by atoms with E-state index in [-0.39, 0.29) is 0 Å². The molecule has 0 radical (unpaired) electrons. The molecule has 108 valence electrons. The second-order valence-electron chi connectivity index (χ2n) is 4.79. The van der Waals surface area contributed by atoms with Gasteiger partial charge in [0.25, 0.3) is 0 Å². The first-order valence-electron chi connectivity index (χ1n) is 6.62. The van der Waals surface area contributed by atoms with Gasteiger partial charge in [-0.15, -0.1) is 0 Å². The van der Waals surface area contributed by atoms with E-state index in [4.69, 9.17) is 0 Å². The number of piperidine rings is 1. The van der Waals surface area contributed by atoms with Gasteiger partial charge in [0.1, 0.15) is 0 Å². The van der Waals surface area contributed by atoms with Crippen LogP contribution in [-0.2, 0) is 10.2 Å². The second kappa shape index (κ2) is 6.69. The van der Waals surface area contributed by atoms with Crippen LogP contribution in [0.1, 0.15) is 19.8 Å². The first kappa shape index (κ1) is 14.8. The summed E-state index contributed by atoms with van der Waals surface area (Å²) in [5, 5.41) is 6.96. The zero-order valence-corrected chi connectivity index (χ0v) is 12.8. The summed E-state index contributed by atoms with van der Waals surface area (Å²) in [7, 11) is -3.40. The lowest BCUT2D eigenvalue weighted by atomic mass is 10.00. The number of hydrogen-bond acceptors (Lipinski definition) is 4. The van der Waals surface area contributed by atoms with Gasteiger partial charge in [0.15, 0.2) is 0 Å². The minimum Gasteiger partial charge on any atom is -0.317 e. The maximum atomic E-state index is 12.3. The lowest BCUT2D eigenvalue weighted by Crippen LogP contribution is -2.45. The molecular formula is C12H21N3O2S2. The third kappa shape index (κ3) is 4.17. The van der Waals surface area contributed by atoms with Crippen LogP contribution in [0.5, 0.6) is 0 Å². The van der Waals surface area contributed by atoms with Crippen molar-refractivity contribution in [1.82, 2.24) is 9.62 Å². The number of nitrogens with zero attached hydrogens (tertiary/aromatic N) is 1. The Morgan fingerprint density at radius 1 is 1.53 bits per heavy atom. The predicted molar refractivity (Wildman–Crippen MR) is 79.7 cm³/mol. The van der Waals surface area contributed by atoms with Gasteiger partial charge in [-0.2, -0.15) is 24.1 Å². The Kier molecular flexibility index (Phi) is 5.20. The van der Waals surface area contributed by atoms with E-state index in [2.05, 4.69) is 17.0 Å². The molecule has 7 heteroatoms. The van der Waals surface area contributed by atoms with Crippen LogP contribution in [0.4, 0.5) is 5.69 Å². The lowest BCUT2D eigenvalue weighted by molar-refractivity contribution is 0.262. The Hall–Kier alpha value is -0.630. The van der Waals surface area contributed by atoms with Crippen LogP contribution in [0, 0.1) is 5.92 Å². The highest BCUT2D eigenvalue weighted by Crippen LogP contribution is 2.21. The summed E-state index contributed by atoms with van der Waals surface area (Å²) in [5.74, 6) is 0.410. The van der Waals surface area contributed by atoms with E-state index in [0.717, 1.165) is 25.9 Å². The summed E-state index contributed by atoms with van der Waals surface area (Å²) in [4.78, 5) is 0. The van der Waals surface area contributed by atoms with Crippen LogP contribution < -0.4 is 10.0 Å². The molecule has 0 aliphatic carbocycles. The molecule has 1 saturated heterocycles. The zero-order valence-electron chi connectivity index (χ0n) is 11.1. The number of hydrogen-bond donors (Lipinski definition) is 2. The monoisotopic (exact) mass is 303 g/mol. The van der Waals surface area contributed by atoms with Gasteiger partial charge >= 0.3 is 10.2 Å². The molecule has 2 N–H and O–H groups in total. The first-order chi connectivity index (χ1) is 9.12. The van der Waals surface area contributed by atoms with Gasteiger partial charge in [-0.05, 0) is 43.3 Å². The molecule has 1 aliphatic rings. The molecule has 0 saturated carbocycles. The quantitative estimate of drug-likeness (QED) is 0.841. The van der Waals surface area contributed by atoms with Gasteiger partial charge in [0.05, 0.1) is 5.69 Å². The molecule has 1 aliphatic heterocycles. The molecule has 1 aromatic heterocycles. The third-order valence-electron chi connectivity index (χ3n) is 3.27. The predicted octanol–water partition coefficient (Wildman–Crippen LogP) is 1.73. The maximum Gasteiger partial charge on any atom is 0.301 e. The van der Waals surface area contributed by atoms with Crippen molar-refractivity contribution < 1.29 is 8.42 Å². The summed E-state index contributed by atoms with van der Waals surface area (Å²) < 4.78 is 28.7. The van der Waals surface area contributed by atoms with E-state index in [1.54, 1.807) is 15.8 Å². The molecule has 2 rings (SSSR count). The van der Waals surface area contributed by atoms with Gasteiger partial charge < -0.3 is 5.32 Å². The van der Waals surface area contributed by atoms with Crippen molar-refractivity contribution in [2.45, 2.75) is 19.8 Å². The molecule has 1 fully saturated rings. The summed E-state index contributed by atoms with van der Waals surface area (Å²) >= 11 is 1.48. The van der Waals surface area contributed by atoms with Crippen LogP contribution >= 0.6 is 11.3 Å². The van der Waals surface area contributed by atoms with Crippen LogP contribution in [0.2, 0.25) is 0 Å². The van der Waals surface area contributed by atoms with Crippen molar-refractivity contribution in [2.24, 2.45) is 5.92 Å². The van der Waals surface area contributed by atoms with Gasteiger partial charge in [0.2, 0.25) is 0 Å². The smallest absolute Gasteiger partial charge is 0.301 e. The minimum absolute atomic E-state index is 0.410. The number of rotatable bonds is 6. The molecule has 0 bridgehead atoms. The average Bonchev–Trinajstić information content (AvgIpc) is 2.89. The van der Waals surface area contributed by atoms with Crippen molar-refractivity contribution in [3.05, 3.63) is 16.8 Å². The Balaban J connectivity index is 1.95. The van der Waals surface area contributed by atoms with Crippen molar-refractivity contribution in [3.63, 3.8) is 0 Å². The molecule has 19 heavy (non-hydrogen) atoms. The number of anilines is 1. The van der Waals surface area contributed by atoms with Crippen LogP contribution in [0.15, 0.2) is 16.8 Å². The lowest BCUT2D eigenvalue weighted by Gasteiger charge is -2.32. The first-order valence-corrected chi connectivity index (χ1v) is 9.01. The molecule has 0 aromatic carbocycles. The van der Waals surface area contributed by atoms with Crippen molar-refractivity contribution in [3.8, 4) is 0 Å². The molecule has 0 amide bonds. The van der Waals surface area contributed by atoms with E-state index in [1.165, 1.54) is 11.3 Å². The third-order valence-corrected chi connectivity index (χ3v) is 5.46. The van der Waals surface area contributed by atoms with Crippen LogP contribution in [-0.4, -0.2) is 38.9 Å². The molecule has 1 atom stereocenters. The largest absolute Gasteiger partial charge is 0.317 e. The van der Waals surface area contributed by atoms with Crippen molar-refractivity contribution in [2.75, 3.05) is 30.9 Å². The number of nitrogens with one attached hydrogen (secondary N) is 2.